The zero-order valence-electron chi connectivity index (χ0n) is 73.5. The lowest BCUT2D eigenvalue weighted by Gasteiger charge is -2.44. The Bertz CT molecular complexity index is 3460. The van der Waals surface area contributed by atoms with Crippen molar-refractivity contribution in [2.75, 3.05) is 52.9 Å². The minimum absolute atomic E-state index is 0. The number of unbranched alkanes of at least 4 members (excludes halogenated alkanes) is 5. The van der Waals surface area contributed by atoms with E-state index in [-0.39, 0.29) is 107 Å². The summed E-state index contributed by atoms with van der Waals surface area (Å²) in [7, 11) is 0. The van der Waals surface area contributed by atoms with Crippen molar-refractivity contribution in [1.29, 1.82) is 0 Å². The molecular formula is C84H148ClN5O40. The van der Waals surface area contributed by atoms with Crippen LogP contribution in [0, 0.1) is 11.8 Å². The molecule has 11 N–H and O–H groups in total. The molecule has 130 heavy (non-hydrogen) atoms. The zero-order valence-corrected chi connectivity index (χ0v) is 74.3. The number of nitrogens with one attached hydrogen (secondary N) is 3. The molecule has 0 aromatic carbocycles. The number of carbonyl (C=O) groups is 15. The molecule has 0 spiro atoms. The minimum Gasteiger partial charge on any atom is -0.481 e. The Labute approximate surface area is 767 Å². The number of hydrogen-bond donors (Lipinski definition) is 10. The molecule has 6 aliphatic heterocycles. The average molecular weight is 1900 g/mol. The number of aliphatic hydroxyl groups excluding tert-OH is 5. The average Bonchev–Trinajstić information content (AvgIpc) is 1.63. The Morgan fingerprint density at radius 1 is 0.415 bits per heavy atom. The van der Waals surface area contributed by atoms with Gasteiger partial charge in [-0.15, -0.1) is 25.6 Å². The number of carbonyl (C=O) groups excluding carboxylic acids is 14. The van der Waals surface area contributed by atoms with E-state index in [1.165, 1.54) is 83.1 Å². The lowest BCUT2D eigenvalue weighted by atomic mass is 9.88. The van der Waals surface area contributed by atoms with E-state index in [2.05, 4.69) is 34.1 Å². The van der Waals surface area contributed by atoms with Gasteiger partial charge in [0.25, 0.3) is 0 Å². The highest BCUT2D eigenvalue weighted by atomic mass is 35.5. The molecular weight excluding hydrogens is 1750 g/mol. The van der Waals surface area contributed by atoms with Crippen molar-refractivity contribution >= 4 is 108 Å². The number of halogens is 1. The fraction of sp³-hybridized carbons (Fsp3) is 0.762. The van der Waals surface area contributed by atoms with Gasteiger partial charge in [-0.05, 0) is 51.4 Å². The van der Waals surface area contributed by atoms with Crippen molar-refractivity contribution < 1.29 is 193 Å². The molecule has 756 valence electrons. The third kappa shape index (κ3) is 51.0. The van der Waals surface area contributed by atoms with E-state index >= 15 is 0 Å². The topological polar surface area (TPSA) is 627 Å². The standard InChI is InChI=1S/C20H31NO9.C19H29NO11.C15H23NO8.C13H19NO6.C6H13NO5.C6H12O.5CH4.ClH/c1-6-7-8-9-10-26-20-17(21-12(2)22)19(29-15(5)25)18(28-14(4)24)16(30-20)11-27-13(3)23;1-10(21)20-16-18(30-13(4)24)17(29-12(3)23)14(9-28-11(2)22)31-19(16)27-8-6-5-7-15(25)26;1-7-13(16-8(2)17)15(23-11(5)20)24-12(6-21-9(3)18)14(7)22-10(4)19;1-6-11-13(18-7(2)14-11)20-10(5-17-8(3)15)12(6)19-9(4)16;7-3-5(10)4(9)2(1-8)12-6(3)11;1-2-3-4-5-6-7;;;;;;/h6,16-20H,1,7-11H2,2-5H3,(H,21,22);14,16-19H,5-9H2,1-4H3,(H,20,21)(H,25,26);7,12-15H,6H2,1-5H3,(H,16,17);6,10-13H,5H2,1-4H3;2-6,8-11H,1,7H2;2,7H,1,3-6H2;5*1H4;1H/t16?,17?,18-,19+,20+;14?,16?,17-,18+,19+;7-,12?,13?,14-,15?;6-,10?,11?,12-,13+;2?,3?,4-,5+,6?;;;;;;;/m00110......./s1. The maximum atomic E-state index is 11.8. The first-order valence-electron chi connectivity index (χ1n) is 39.9. The van der Waals surface area contributed by atoms with E-state index in [0.717, 1.165) is 46.0 Å². The van der Waals surface area contributed by atoms with Crippen LogP contribution >= 0.6 is 12.4 Å². The highest BCUT2D eigenvalue weighted by Crippen LogP contribution is 2.36. The molecule has 25 atom stereocenters. The molecule has 0 aromatic heterocycles. The van der Waals surface area contributed by atoms with Crippen LogP contribution in [0.2, 0.25) is 0 Å². The maximum absolute atomic E-state index is 11.8. The van der Waals surface area contributed by atoms with Crippen molar-refractivity contribution in [2.45, 2.75) is 354 Å². The molecule has 0 saturated carbocycles. The normalized spacial score (nSPS) is 27.8. The zero-order chi connectivity index (χ0) is 94.4. The Morgan fingerprint density at radius 2 is 0.746 bits per heavy atom. The van der Waals surface area contributed by atoms with Crippen molar-refractivity contribution in [3.63, 3.8) is 0 Å². The summed E-state index contributed by atoms with van der Waals surface area (Å²) in [6, 6.07) is -3.96. The number of aliphatic hydroxyl groups is 5. The number of fused-ring (bicyclic) bond motifs is 1. The number of hydrogen-bond acceptors (Lipinski definition) is 41. The maximum Gasteiger partial charge on any atom is 0.305 e. The van der Waals surface area contributed by atoms with Gasteiger partial charge in [-0.1, -0.05) is 63.1 Å². The second-order valence-corrected chi connectivity index (χ2v) is 28.8. The van der Waals surface area contributed by atoms with E-state index < -0.39 is 231 Å². The predicted molar refractivity (Wildman–Crippen MR) is 463 cm³/mol. The van der Waals surface area contributed by atoms with Crippen molar-refractivity contribution in [1.82, 2.24) is 16.0 Å². The van der Waals surface area contributed by atoms with Crippen LogP contribution in [0.5, 0.6) is 0 Å². The van der Waals surface area contributed by atoms with Gasteiger partial charge < -0.3 is 142 Å². The van der Waals surface area contributed by atoms with Gasteiger partial charge in [0.2, 0.25) is 30.3 Å². The summed E-state index contributed by atoms with van der Waals surface area (Å²) >= 11 is 0. The molecule has 0 aliphatic carbocycles. The third-order valence-electron chi connectivity index (χ3n) is 17.9. The van der Waals surface area contributed by atoms with Crippen LogP contribution in [-0.4, -0.2) is 320 Å². The van der Waals surface area contributed by atoms with Gasteiger partial charge in [-0.2, -0.15) is 0 Å². The van der Waals surface area contributed by atoms with E-state index in [0.29, 0.717) is 38.4 Å². The van der Waals surface area contributed by atoms with E-state index in [4.69, 9.17) is 116 Å². The third-order valence-corrected chi connectivity index (χ3v) is 17.9. The van der Waals surface area contributed by atoms with E-state index in [1.807, 2.05) is 13.0 Å². The Balaban J connectivity index is -0.000000366. The summed E-state index contributed by atoms with van der Waals surface area (Å²) in [6.07, 6.45) is -8.19. The summed E-state index contributed by atoms with van der Waals surface area (Å²) in [6.45, 7) is 29.3. The van der Waals surface area contributed by atoms with Crippen LogP contribution in [-0.2, 0) is 162 Å². The highest BCUT2D eigenvalue weighted by Gasteiger charge is 2.55. The second-order valence-electron chi connectivity index (χ2n) is 28.8. The molecule has 6 aliphatic rings. The van der Waals surface area contributed by atoms with Gasteiger partial charge in [0.05, 0.1) is 18.7 Å². The fourth-order valence-corrected chi connectivity index (χ4v) is 12.6. The molecule has 12 unspecified atom stereocenters. The highest BCUT2D eigenvalue weighted by molar-refractivity contribution is 5.85. The predicted octanol–water partition coefficient (Wildman–Crippen LogP) is 3.18. The largest absolute Gasteiger partial charge is 0.481 e. The van der Waals surface area contributed by atoms with Gasteiger partial charge in [-0.25, -0.2) is 4.99 Å². The van der Waals surface area contributed by atoms with Crippen LogP contribution in [0.3, 0.4) is 0 Å². The number of aliphatic carboxylic acids is 1. The number of ether oxygens (including phenoxy) is 19. The molecule has 45 nitrogen and oxygen atoms in total. The molecule has 0 aromatic rings. The van der Waals surface area contributed by atoms with Gasteiger partial charge >= 0.3 is 71.6 Å². The number of amides is 3. The minimum atomic E-state index is -1.35. The van der Waals surface area contributed by atoms with Crippen molar-refractivity contribution in [3.8, 4) is 0 Å². The smallest absolute Gasteiger partial charge is 0.305 e. The van der Waals surface area contributed by atoms with Gasteiger partial charge in [0.1, 0.15) is 99.5 Å². The van der Waals surface area contributed by atoms with Crippen LogP contribution in [0.4, 0.5) is 0 Å². The van der Waals surface area contributed by atoms with Gasteiger partial charge in [0, 0.05) is 142 Å². The summed E-state index contributed by atoms with van der Waals surface area (Å²) in [5, 5.41) is 60.9. The number of aliphatic imine (C=N–C) groups is 1. The quantitative estimate of drug-likeness (QED) is 0.0188. The second kappa shape index (κ2) is 69.6. The van der Waals surface area contributed by atoms with Crippen LogP contribution in [0.1, 0.15) is 213 Å². The monoisotopic (exact) mass is 1900 g/mol. The summed E-state index contributed by atoms with van der Waals surface area (Å²) in [5.41, 5.74) is 5.26. The molecule has 0 radical (unpaired) electrons. The molecule has 6 heterocycles. The first-order valence-corrected chi connectivity index (χ1v) is 39.9. The van der Waals surface area contributed by atoms with Crippen LogP contribution in [0.15, 0.2) is 30.3 Å². The van der Waals surface area contributed by atoms with Crippen molar-refractivity contribution in [3.05, 3.63) is 25.3 Å². The number of carboxylic acid groups (broad SMARTS) is 1. The fourth-order valence-electron chi connectivity index (χ4n) is 12.6. The molecule has 3 amide bonds. The number of carboxylic acids is 1. The summed E-state index contributed by atoms with van der Waals surface area (Å²) in [5.74, 6) is -8.54. The molecule has 6 rings (SSSR count). The lowest BCUT2D eigenvalue weighted by molar-refractivity contribution is -0.277. The number of esters is 11. The summed E-state index contributed by atoms with van der Waals surface area (Å²) < 4.78 is 102. The summed E-state index contributed by atoms with van der Waals surface area (Å²) in [4.78, 5) is 175. The molecule has 5 saturated heterocycles. The van der Waals surface area contributed by atoms with Gasteiger partial charge in [0.15, 0.2) is 49.2 Å². The first-order chi connectivity index (χ1) is 58.1. The molecule has 46 heteroatoms. The lowest BCUT2D eigenvalue weighted by Crippen LogP contribution is -2.66. The Morgan fingerprint density at radius 3 is 1.09 bits per heavy atom. The molecule has 5 fully saturated rings. The molecule has 0 bridgehead atoms. The van der Waals surface area contributed by atoms with Crippen LogP contribution < -0.4 is 21.7 Å². The Kier molecular flexibility index (Phi) is 70.4. The van der Waals surface area contributed by atoms with Crippen LogP contribution in [0.25, 0.3) is 0 Å². The number of nitrogens with two attached hydrogens (primary N) is 1. The SMILES string of the molecule is C.C.C.C.C.C=CCCCCO.C=CCCCCO[C@@H]1OC(COC(C)=O)[C@H](OC(C)=O)[C@H](OC(C)=O)C1NC(C)=O.CC(=O)NC1C(OC(C)=O)OC(COC(C)=O)[C@H](OC(C)=O)[C@@H]1C.CC(=O)NC1[C@H](OCCCCC(=O)O)OC(COC(C)=O)[C@H](OC(C)=O)[C@@H]1OC(C)=O.CC(=O)OCC1O[C@@H]2OC(C)=NC2[C@@H](C)[C@H]1OC(C)=O.Cl.NC1C(O)OC(CO)[C@H](O)[C@@H]1O. The van der Waals surface area contributed by atoms with Gasteiger partial charge in [-0.3, -0.25) is 71.9 Å². The number of rotatable bonds is 35. The van der Waals surface area contributed by atoms with E-state index in [1.54, 1.807) is 19.9 Å². The number of nitrogens with zero attached hydrogens (tertiary/aromatic N) is 1. The van der Waals surface area contributed by atoms with E-state index in [9.17, 15) is 82.1 Å². The van der Waals surface area contributed by atoms with Crippen molar-refractivity contribution in [2.24, 2.45) is 22.6 Å². The number of allylic oxidation sites excluding steroid dienone is 2. The Hall–Kier alpha value is -9.23. The first kappa shape index (κ1) is 132.